The molecule has 0 unspecified atom stereocenters. The largest absolute Gasteiger partial charge is 0.323 e. The zero-order valence-electron chi connectivity index (χ0n) is 12.1. The maximum absolute atomic E-state index is 12.1. The summed E-state index contributed by atoms with van der Waals surface area (Å²) in [6.45, 7) is 1.68. The highest BCUT2D eigenvalue weighted by Gasteiger charge is 2.16. The summed E-state index contributed by atoms with van der Waals surface area (Å²) in [7, 11) is 0. The number of non-ortho nitro benzene ring substituents is 1. The van der Waals surface area contributed by atoms with E-state index in [1.54, 1.807) is 6.92 Å². The number of anilines is 1. The molecule has 0 aliphatic carbocycles. The summed E-state index contributed by atoms with van der Waals surface area (Å²) in [6.07, 6.45) is 0. The topological polar surface area (TPSA) is 118 Å². The summed E-state index contributed by atoms with van der Waals surface area (Å²) in [5, 5.41) is 13.8. The second-order valence-corrected chi connectivity index (χ2v) is 7.24. The first-order valence-electron chi connectivity index (χ1n) is 6.40. The first-order valence-corrected chi connectivity index (χ1v) is 8.97. The van der Waals surface area contributed by atoms with Crippen molar-refractivity contribution >= 4 is 60.9 Å². The van der Waals surface area contributed by atoms with Gasteiger partial charge in [-0.05, 0) is 38.8 Å². The molecule has 11 heteroatoms. The molecule has 126 valence electrons. The van der Waals surface area contributed by atoms with Crippen LogP contribution in [0.3, 0.4) is 0 Å². The zero-order valence-corrected chi connectivity index (χ0v) is 16.1. The van der Waals surface area contributed by atoms with Gasteiger partial charge in [0.25, 0.3) is 11.2 Å². The van der Waals surface area contributed by atoms with Crippen molar-refractivity contribution in [2.45, 2.75) is 12.1 Å². The number of hydrogen-bond donors (Lipinski definition) is 2. The third kappa shape index (κ3) is 4.89. The van der Waals surface area contributed by atoms with Crippen molar-refractivity contribution in [3.05, 3.63) is 53.3 Å². The van der Waals surface area contributed by atoms with E-state index in [1.165, 1.54) is 18.2 Å². The van der Waals surface area contributed by atoms with E-state index in [1.807, 2.05) is 0 Å². The molecule has 8 nitrogen and oxygen atoms in total. The van der Waals surface area contributed by atoms with Crippen LogP contribution in [0.15, 0.2) is 37.1 Å². The van der Waals surface area contributed by atoms with Gasteiger partial charge in [-0.1, -0.05) is 11.8 Å². The van der Waals surface area contributed by atoms with Crippen molar-refractivity contribution in [2.24, 2.45) is 0 Å². The minimum Gasteiger partial charge on any atom is -0.323 e. The average molecular weight is 478 g/mol. The van der Waals surface area contributed by atoms with Gasteiger partial charge in [-0.2, -0.15) is 0 Å². The summed E-state index contributed by atoms with van der Waals surface area (Å²) in [5.74, 6) is -0.332. The highest BCUT2D eigenvalue weighted by molar-refractivity contribution is 9.11. The fraction of sp³-hybridized carbons (Fsp3) is 0.154. The number of aromatic nitrogens is 2. The Kier molecular flexibility index (Phi) is 6.13. The van der Waals surface area contributed by atoms with Crippen LogP contribution in [0.5, 0.6) is 0 Å². The molecule has 0 spiro atoms. The van der Waals surface area contributed by atoms with Crippen LogP contribution >= 0.6 is 43.6 Å². The third-order valence-corrected chi connectivity index (χ3v) is 4.81. The lowest BCUT2D eigenvalue weighted by Crippen LogP contribution is -2.16. The Morgan fingerprint density at radius 3 is 2.54 bits per heavy atom. The SMILES string of the molecule is Cc1cc(=O)[nH]c(SCC(=O)Nc2c(Br)cc([N+](=O)[O-])cc2Br)n1. The minimum atomic E-state index is -0.531. The highest BCUT2D eigenvalue weighted by atomic mass is 79.9. The van der Waals surface area contributed by atoms with Crippen molar-refractivity contribution in [1.29, 1.82) is 0 Å². The molecule has 0 atom stereocenters. The van der Waals surface area contributed by atoms with Crippen molar-refractivity contribution in [3.63, 3.8) is 0 Å². The number of nitrogens with one attached hydrogen (secondary N) is 2. The molecule has 1 heterocycles. The van der Waals surface area contributed by atoms with Gasteiger partial charge < -0.3 is 10.3 Å². The molecule has 1 aromatic carbocycles. The molecule has 1 aromatic heterocycles. The normalized spacial score (nSPS) is 10.5. The molecule has 0 bridgehead atoms. The molecule has 2 N–H and O–H groups in total. The van der Waals surface area contributed by atoms with Crippen LogP contribution in [0.1, 0.15) is 5.69 Å². The van der Waals surface area contributed by atoms with Gasteiger partial charge in [0.05, 0.1) is 16.4 Å². The quantitative estimate of drug-likeness (QED) is 0.295. The monoisotopic (exact) mass is 476 g/mol. The average Bonchev–Trinajstić information content (AvgIpc) is 2.47. The van der Waals surface area contributed by atoms with Gasteiger partial charge in [-0.3, -0.25) is 19.7 Å². The van der Waals surface area contributed by atoms with Gasteiger partial charge in [-0.25, -0.2) is 4.98 Å². The fourth-order valence-corrected chi connectivity index (χ4v) is 3.80. The maximum atomic E-state index is 12.1. The number of nitro benzene ring substituents is 1. The Balaban J connectivity index is 2.07. The Morgan fingerprint density at radius 2 is 2.00 bits per heavy atom. The van der Waals surface area contributed by atoms with Crippen LogP contribution in [-0.2, 0) is 4.79 Å². The van der Waals surface area contributed by atoms with E-state index in [9.17, 15) is 19.7 Å². The number of amides is 1. The zero-order chi connectivity index (χ0) is 17.9. The number of aryl methyl sites for hydroxylation is 1. The molecule has 24 heavy (non-hydrogen) atoms. The van der Waals surface area contributed by atoms with Crippen molar-refractivity contribution in [1.82, 2.24) is 9.97 Å². The van der Waals surface area contributed by atoms with Crippen LogP contribution < -0.4 is 10.9 Å². The van der Waals surface area contributed by atoms with Gasteiger partial charge in [0.1, 0.15) is 0 Å². The molecule has 0 aliphatic rings. The van der Waals surface area contributed by atoms with E-state index in [0.717, 1.165) is 11.8 Å². The number of aromatic amines is 1. The van der Waals surface area contributed by atoms with Gasteiger partial charge >= 0.3 is 0 Å². The molecule has 0 fully saturated rings. The van der Waals surface area contributed by atoms with Gasteiger partial charge in [-0.15, -0.1) is 0 Å². The molecular weight excluding hydrogens is 468 g/mol. The van der Waals surface area contributed by atoms with Gasteiger partial charge in [0.2, 0.25) is 5.91 Å². The third-order valence-electron chi connectivity index (χ3n) is 2.69. The Bertz CT molecular complexity index is 848. The van der Waals surface area contributed by atoms with Crippen LogP contribution in [-0.4, -0.2) is 26.6 Å². The molecule has 0 radical (unpaired) electrons. The number of thioether (sulfide) groups is 1. The molecule has 0 aliphatic heterocycles. The Labute approximate surface area is 156 Å². The van der Waals surface area contributed by atoms with E-state index in [-0.39, 0.29) is 22.9 Å². The summed E-state index contributed by atoms with van der Waals surface area (Å²) in [5.41, 5.74) is 0.549. The maximum Gasteiger partial charge on any atom is 0.271 e. The first-order chi connectivity index (χ1) is 11.3. The number of hydrogen-bond acceptors (Lipinski definition) is 6. The number of nitro groups is 1. The molecular formula is C13H10Br2N4O4S. The van der Waals surface area contributed by atoms with Crippen LogP contribution in [0, 0.1) is 17.0 Å². The van der Waals surface area contributed by atoms with Crippen molar-refractivity contribution < 1.29 is 9.72 Å². The van der Waals surface area contributed by atoms with E-state index < -0.39 is 4.92 Å². The first kappa shape index (κ1) is 18.6. The fourth-order valence-electron chi connectivity index (χ4n) is 1.71. The van der Waals surface area contributed by atoms with Crippen molar-refractivity contribution in [2.75, 3.05) is 11.1 Å². The number of H-pyrrole nitrogens is 1. The van der Waals surface area contributed by atoms with E-state index in [2.05, 4.69) is 47.1 Å². The van der Waals surface area contributed by atoms with Crippen LogP contribution in [0.4, 0.5) is 11.4 Å². The summed E-state index contributed by atoms with van der Waals surface area (Å²) in [6, 6.07) is 3.95. The second-order valence-electron chi connectivity index (χ2n) is 4.57. The number of rotatable bonds is 5. The Hall–Kier alpha value is -1.72. The van der Waals surface area contributed by atoms with E-state index >= 15 is 0 Å². The lowest BCUT2D eigenvalue weighted by Gasteiger charge is -2.09. The lowest BCUT2D eigenvalue weighted by molar-refractivity contribution is -0.385. The number of benzene rings is 1. The second kappa shape index (κ2) is 7.90. The van der Waals surface area contributed by atoms with Gasteiger partial charge in [0.15, 0.2) is 5.16 Å². The standard InChI is InChI=1S/C13H10Br2N4O4S/c1-6-2-10(20)18-13(16-6)24-5-11(21)17-12-8(14)3-7(19(22)23)4-9(12)15/h2-4H,5H2,1H3,(H,17,21)(H,16,18,20). The molecule has 0 saturated heterocycles. The van der Waals surface area contributed by atoms with Gasteiger partial charge in [0, 0.05) is 32.8 Å². The summed E-state index contributed by atoms with van der Waals surface area (Å²) >= 11 is 7.47. The highest BCUT2D eigenvalue weighted by Crippen LogP contribution is 2.35. The minimum absolute atomic E-state index is 0.0161. The molecule has 0 saturated carbocycles. The molecule has 2 aromatic rings. The number of carbonyl (C=O) groups excluding carboxylic acids is 1. The van der Waals surface area contributed by atoms with Crippen LogP contribution in [0.25, 0.3) is 0 Å². The van der Waals surface area contributed by atoms with Crippen molar-refractivity contribution in [3.8, 4) is 0 Å². The molecule has 2 rings (SSSR count). The predicted octanol–water partition coefficient (Wildman–Crippen LogP) is 3.24. The smallest absolute Gasteiger partial charge is 0.271 e. The summed E-state index contributed by atoms with van der Waals surface area (Å²) < 4.78 is 0.757. The van der Waals surface area contributed by atoms with E-state index in [0.29, 0.717) is 25.5 Å². The molecule has 1 amide bonds. The van der Waals surface area contributed by atoms with Crippen LogP contribution in [0.2, 0.25) is 0 Å². The lowest BCUT2D eigenvalue weighted by atomic mass is 10.3. The van der Waals surface area contributed by atoms with E-state index in [4.69, 9.17) is 0 Å². The predicted molar refractivity (Wildman–Crippen MR) is 97.4 cm³/mol. The number of carbonyl (C=O) groups is 1. The summed E-state index contributed by atoms with van der Waals surface area (Å²) in [4.78, 5) is 40.3. The Morgan fingerprint density at radius 1 is 1.38 bits per heavy atom. The number of nitrogens with zero attached hydrogens (tertiary/aromatic N) is 2. The number of halogens is 2.